The molecule has 7 atom stereocenters. The second-order valence-electron chi connectivity index (χ2n) is 17.0. The van der Waals surface area contributed by atoms with E-state index in [1.54, 1.807) is 6.08 Å². The molecule has 0 aromatic carbocycles. The van der Waals surface area contributed by atoms with Gasteiger partial charge in [-0.05, 0) is 44.9 Å². The molecule has 0 aliphatic carbocycles. The summed E-state index contributed by atoms with van der Waals surface area (Å²) >= 11 is 0. The number of hydrogen-bond donors (Lipinski definition) is 6. The lowest BCUT2D eigenvalue weighted by molar-refractivity contribution is -0.526. The Labute approximate surface area is 360 Å². The third-order valence-electron chi connectivity index (χ3n) is 11.6. The molecular formula is C48H91NO10. The van der Waals surface area contributed by atoms with Crippen LogP contribution in [0.4, 0.5) is 0 Å². The first-order chi connectivity index (χ1) is 28.9. The summed E-state index contributed by atoms with van der Waals surface area (Å²) in [5.41, 5.74) is 0. The molecule has 59 heavy (non-hydrogen) atoms. The van der Waals surface area contributed by atoms with Crippen molar-refractivity contribution in [2.45, 2.75) is 262 Å². The normalized spacial score (nSPS) is 20.8. The fourth-order valence-electron chi connectivity index (χ4n) is 7.77. The molecule has 348 valence electrons. The van der Waals surface area contributed by atoms with Crippen LogP contribution in [0.2, 0.25) is 0 Å². The summed E-state index contributed by atoms with van der Waals surface area (Å²) in [4.78, 5) is 17.6. The molecule has 5 unspecified atom stereocenters. The van der Waals surface area contributed by atoms with E-state index in [9.17, 15) is 25.2 Å². The Kier molecular flexibility index (Phi) is 38.3. The van der Waals surface area contributed by atoms with Crippen LogP contribution in [0, 0.1) is 0 Å². The Morgan fingerprint density at radius 2 is 1.05 bits per heavy atom. The van der Waals surface area contributed by atoms with Crippen LogP contribution in [-0.4, -0.2) is 87.7 Å². The molecule has 0 aromatic heterocycles. The summed E-state index contributed by atoms with van der Waals surface area (Å²) < 4.78 is 11.3. The molecule has 1 fully saturated rings. The molecule has 1 saturated heterocycles. The summed E-state index contributed by atoms with van der Waals surface area (Å²) in [6, 6.07) is -0.842. The van der Waals surface area contributed by atoms with Crippen molar-refractivity contribution in [1.82, 2.24) is 5.32 Å². The number of amides is 1. The maximum absolute atomic E-state index is 13.0. The minimum absolute atomic E-state index is 0.201. The topological polar surface area (TPSA) is 167 Å². The van der Waals surface area contributed by atoms with Gasteiger partial charge < -0.3 is 35.2 Å². The van der Waals surface area contributed by atoms with E-state index in [4.69, 9.17) is 14.7 Å². The predicted molar refractivity (Wildman–Crippen MR) is 238 cm³/mol. The number of allylic oxidation sites excluding steroid dienone is 3. The number of aliphatic hydroxyl groups excluding tert-OH is 4. The van der Waals surface area contributed by atoms with Gasteiger partial charge in [-0.15, -0.1) is 0 Å². The van der Waals surface area contributed by atoms with E-state index < -0.39 is 49.5 Å². The van der Waals surface area contributed by atoms with E-state index in [1.807, 2.05) is 6.08 Å². The number of nitrogens with one attached hydrogen (secondary N) is 1. The molecular weight excluding hydrogens is 751 g/mol. The standard InChI is InChI=1S/C48H91NO10/c1-3-5-7-9-11-13-15-17-18-19-20-21-22-23-24-26-28-30-32-34-36-38-44(52)49-41(40-56-48-46(54)47(58-59-55)45(53)43(39-50)57-48)42(51)37-35-33-31-29-27-25-16-14-12-10-8-6-4-2/h17-18,35,37,41-43,45-48,50-51,53-55H,3-16,19-34,36,38-40H2,1-2H3,(H,49,52)/t41-,42+,43?,45?,46?,47?,48?/m0/s1. The van der Waals surface area contributed by atoms with Gasteiger partial charge in [-0.1, -0.05) is 197 Å². The van der Waals surface area contributed by atoms with Gasteiger partial charge in [0, 0.05) is 6.42 Å². The fourth-order valence-corrected chi connectivity index (χ4v) is 7.77. The molecule has 1 aliphatic rings. The zero-order valence-electron chi connectivity index (χ0n) is 37.7. The monoisotopic (exact) mass is 842 g/mol. The van der Waals surface area contributed by atoms with Crippen LogP contribution >= 0.6 is 0 Å². The van der Waals surface area contributed by atoms with Crippen LogP contribution in [0.1, 0.15) is 219 Å². The Balaban J connectivity index is 2.37. The third-order valence-corrected chi connectivity index (χ3v) is 11.6. The summed E-state index contributed by atoms with van der Waals surface area (Å²) in [7, 11) is 0. The molecule has 1 amide bonds. The van der Waals surface area contributed by atoms with Crippen molar-refractivity contribution in [3.05, 3.63) is 24.3 Å². The first kappa shape index (κ1) is 55.6. The highest BCUT2D eigenvalue weighted by Gasteiger charge is 2.47. The largest absolute Gasteiger partial charge is 0.394 e. The molecule has 1 aliphatic heterocycles. The van der Waals surface area contributed by atoms with Gasteiger partial charge in [0.05, 0.1) is 25.4 Å². The van der Waals surface area contributed by atoms with Crippen LogP contribution in [0.5, 0.6) is 0 Å². The Hall–Kier alpha value is -1.41. The van der Waals surface area contributed by atoms with Gasteiger partial charge in [-0.2, -0.15) is 4.89 Å². The molecule has 11 nitrogen and oxygen atoms in total. The number of carbonyl (C=O) groups is 1. The lowest BCUT2D eigenvalue weighted by atomic mass is 9.99. The molecule has 1 heterocycles. The van der Waals surface area contributed by atoms with Crippen molar-refractivity contribution in [1.29, 1.82) is 0 Å². The lowest BCUT2D eigenvalue weighted by Gasteiger charge is -2.40. The fraction of sp³-hybridized carbons (Fsp3) is 0.896. The number of aliphatic hydroxyl groups is 4. The van der Waals surface area contributed by atoms with Gasteiger partial charge in [0.25, 0.3) is 0 Å². The average molecular weight is 842 g/mol. The average Bonchev–Trinajstić information content (AvgIpc) is 3.23. The maximum Gasteiger partial charge on any atom is 0.220 e. The van der Waals surface area contributed by atoms with E-state index in [1.165, 1.54) is 161 Å². The van der Waals surface area contributed by atoms with Crippen molar-refractivity contribution in [3.8, 4) is 0 Å². The third kappa shape index (κ3) is 30.3. The minimum Gasteiger partial charge on any atom is -0.394 e. The smallest absolute Gasteiger partial charge is 0.220 e. The first-order valence-electron chi connectivity index (χ1n) is 24.4. The molecule has 0 radical (unpaired) electrons. The van der Waals surface area contributed by atoms with Gasteiger partial charge in [0.15, 0.2) is 12.4 Å². The van der Waals surface area contributed by atoms with Gasteiger partial charge in [-0.25, -0.2) is 5.26 Å². The quantitative estimate of drug-likeness (QED) is 0.0151. The number of rotatable bonds is 42. The summed E-state index contributed by atoms with van der Waals surface area (Å²) in [6.07, 6.45) is 38.8. The molecule has 11 heteroatoms. The Morgan fingerprint density at radius 1 is 0.627 bits per heavy atom. The molecule has 0 spiro atoms. The Bertz CT molecular complexity index is 983. The zero-order chi connectivity index (χ0) is 43.0. The van der Waals surface area contributed by atoms with Crippen LogP contribution in [0.25, 0.3) is 0 Å². The minimum atomic E-state index is -1.60. The van der Waals surface area contributed by atoms with Crippen molar-refractivity contribution in [2.75, 3.05) is 13.2 Å². The summed E-state index contributed by atoms with van der Waals surface area (Å²) in [6.45, 7) is 3.67. The number of hydrogen-bond acceptors (Lipinski definition) is 10. The predicted octanol–water partition coefficient (Wildman–Crippen LogP) is 10.7. The van der Waals surface area contributed by atoms with E-state index >= 15 is 0 Å². The van der Waals surface area contributed by atoms with Gasteiger partial charge in [-0.3, -0.25) is 4.79 Å². The van der Waals surface area contributed by atoms with E-state index in [0.717, 1.165) is 38.5 Å². The van der Waals surface area contributed by atoms with E-state index in [0.29, 0.717) is 6.42 Å². The van der Waals surface area contributed by atoms with Crippen molar-refractivity contribution >= 4 is 5.91 Å². The molecule has 6 N–H and O–H groups in total. The highest BCUT2D eigenvalue weighted by molar-refractivity contribution is 5.76. The van der Waals surface area contributed by atoms with Crippen molar-refractivity contribution in [3.63, 3.8) is 0 Å². The van der Waals surface area contributed by atoms with E-state index in [2.05, 4.69) is 41.2 Å². The second kappa shape index (κ2) is 40.6. The number of carbonyl (C=O) groups excluding carboxylic acids is 1. The van der Waals surface area contributed by atoms with Gasteiger partial charge in [0.1, 0.15) is 18.3 Å². The highest BCUT2D eigenvalue weighted by atomic mass is 17.5. The number of unbranched alkanes of at least 4 members (excludes halogenated alkanes) is 28. The zero-order valence-corrected chi connectivity index (χ0v) is 37.7. The second-order valence-corrected chi connectivity index (χ2v) is 17.0. The van der Waals surface area contributed by atoms with Crippen LogP contribution < -0.4 is 5.32 Å². The van der Waals surface area contributed by atoms with Gasteiger partial charge >= 0.3 is 0 Å². The van der Waals surface area contributed by atoms with Crippen LogP contribution in [0.15, 0.2) is 24.3 Å². The molecule has 1 rings (SSSR count). The maximum atomic E-state index is 13.0. The first-order valence-corrected chi connectivity index (χ1v) is 24.4. The molecule has 0 saturated carbocycles. The van der Waals surface area contributed by atoms with Crippen molar-refractivity contribution < 1.29 is 49.9 Å². The number of ether oxygens (including phenoxy) is 2. The SMILES string of the molecule is CCCCCCCCC=CCCCCCCCCCCCCCC(=O)N[C@@H](COC1OC(CO)C(O)C(OOO)C1O)[C@H](O)C=CCCCCCCCCCCCCC. The van der Waals surface area contributed by atoms with Gasteiger partial charge in [0.2, 0.25) is 5.91 Å². The lowest BCUT2D eigenvalue weighted by Crippen LogP contribution is -2.60. The van der Waals surface area contributed by atoms with E-state index in [-0.39, 0.29) is 12.5 Å². The van der Waals surface area contributed by atoms with Crippen LogP contribution in [-0.2, 0) is 24.2 Å². The Morgan fingerprint density at radius 3 is 1.49 bits per heavy atom. The van der Waals surface area contributed by atoms with Crippen LogP contribution in [0.3, 0.4) is 0 Å². The summed E-state index contributed by atoms with van der Waals surface area (Å²) in [5, 5.41) is 57.1. The van der Waals surface area contributed by atoms with Crippen molar-refractivity contribution in [2.24, 2.45) is 0 Å². The molecule has 0 aromatic rings. The summed E-state index contributed by atoms with van der Waals surface area (Å²) in [5.74, 6) is -0.201. The highest BCUT2D eigenvalue weighted by Crippen LogP contribution is 2.25. The molecule has 0 bridgehead atoms.